The summed E-state index contributed by atoms with van der Waals surface area (Å²) in [6, 6.07) is -0.527. The fraction of sp³-hybridized carbons (Fsp3) is 0.583. The maximum atomic E-state index is 11.1. The number of anilines is 1. The van der Waals surface area contributed by atoms with Crippen molar-refractivity contribution in [3.05, 3.63) is 18.0 Å². The second kappa shape index (κ2) is 8.71. The summed E-state index contributed by atoms with van der Waals surface area (Å²) in [5, 5.41) is 15.1. The zero-order chi connectivity index (χ0) is 14.1. The van der Waals surface area contributed by atoms with Gasteiger partial charge in [-0.3, -0.25) is 4.79 Å². The molecule has 106 valence electrons. The standard InChI is InChI=1S/C12H20N4O2S/c1-3-13-12-15-7-9(8-16-12)6-14-10(11(17)18)4-5-19-2/h7-8,10,14H,3-6H2,1-2H3,(H,17,18)(H,13,15,16)/t10-/m1/s1. The number of carbonyl (C=O) groups is 1. The van der Waals surface area contributed by atoms with Gasteiger partial charge in [-0.25, -0.2) is 9.97 Å². The van der Waals surface area contributed by atoms with Crippen molar-refractivity contribution in [3.63, 3.8) is 0 Å². The molecule has 6 nitrogen and oxygen atoms in total. The number of thioether (sulfide) groups is 1. The fourth-order valence-corrected chi connectivity index (χ4v) is 1.96. The summed E-state index contributed by atoms with van der Waals surface area (Å²) in [4.78, 5) is 19.3. The van der Waals surface area contributed by atoms with E-state index in [2.05, 4.69) is 20.6 Å². The Hall–Kier alpha value is -1.34. The Morgan fingerprint density at radius 3 is 2.68 bits per heavy atom. The normalized spacial score (nSPS) is 12.1. The Morgan fingerprint density at radius 1 is 1.47 bits per heavy atom. The molecule has 0 bridgehead atoms. The summed E-state index contributed by atoms with van der Waals surface area (Å²) in [5.74, 6) is 0.586. The smallest absolute Gasteiger partial charge is 0.320 e. The van der Waals surface area contributed by atoms with Gasteiger partial charge in [0.1, 0.15) is 6.04 Å². The topological polar surface area (TPSA) is 87.1 Å². The van der Waals surface area contributed by atoms with Gasteiger partial charge in [0.2, 0.25) is 5.95 Å². The Bertz CT molecular complexity index is 386. The maximum absolute atomic E-state index is 11.1. The van der Waals surface area contributed by atoms with Crippen molar-refractivity contribution < 1.29 is 9.90 Å². The molecule has 3 N–H and O–H groups in total. The van der Waals surface area contributed by atoms with E-state index in [1.807, 2.05) is 13.2 Å². The van der Waals surface area contributed by atoms with Gasteiger partial charge >= 0.3 is 5.97 Å². The van der Waals surface area contributed by atoms with E-state index >= 15 is 0 Å². The van der Waals surface area contributed by atoms with Crippen LogP contribution in [0.3, 0.4) is 0 Å². The number of nitrogens with one attached hydrogen (secondary N) is 2. The van der Waals surface area contributed by atoms with Gasteiger partial charge in [-0.2, -0.15) is 11.8 Å². The second-order valence-electron chi connectivity index (χ2n) is 4.00. The molecule has 0 aliphatic carbocycles. The zero-order valence-electron chi connectivity index (χ0n) is 11.2. The van der Waals surface area contributed by atoms with Crippen LogP contribution in [-0.4, -0.2) is 45.6 Å². The van der Waals surface area contributed by atoms with Crippen LogP contribution in [0.2, 0.25) is 0 Å². The van der Waals surface area contributed by atoms with Crippen molar-refractivity contribution in [3.8, 4) is 0 Å². The highest BCUT2D eigenvalue weighted by Crippen LogP contribution is 2.04. The highest BCUT2D eigenvalue weighted by Gasteiger charge is 2.15. The Kier molecular flexibility index (Phi) is 7.20. The van der Waals surface area contributed by atoms with Crippen LogP contribution in [0.4, 0.5) is 5.95 Å². The molecule has 1 aromatic heterocycles. The van der Waals surface area contributed by atoms with Gasteiger partial charge in [-0.15, -0.1) is 0 Å². The first-order chi connectivity index (χ1) is 9.17. The summed E-state index contributed by atoms with van der Waals surface area (Å²) >= 11 is 1.64. The molecule has 0 aliphatic heterocycles. The first-order valence-electron chi connectivity index (χ1n) is 6.17. The molecule has 0 aliphatic rings. The fourth-order valence-electron chi connectivity index (χ4n) is 1.49. The van der Waals surface area contributed by atoms with Crippen LogP contribution in [0, 0.1) is 0 Å². The van der Waals surface area contributed by atoms with Crippen molar-refractivity contribution in [2.75, 3.05) is 23.9 Å². The van der Waals surface area contributed by atoms with Crippen LogP contribution < -0.4 is 10.6 Å². The average molecular weight is 284 g/mol. The minimum Gasteiger partial charge on any atom is -0.480 e. The minimum atomic E-state index is -0.820. The number of aliphatic carboxylic acids is 1. The molecular formula is C12H20N4O2S. The van der Waals surface area contributed by atoms with E-state index in [-0.39, 0.29) is 0 Å². The largest absolute Gasteiger partial charge is 0.480 e. The second-order valence-corrected chi connectivity index (χ2v) is 4.98. The molecular weight excluding hydrogens is 264 g/mol. The van der Waals surface area contributed by atoms with Crippen molar-refractivity contribution >= 4 is 23.7 Å². The summed E-state index contributed by atoms with van der Waals surface area (Å²) in [6.07, 6.45) is 5.97. The molecule has 0 aromatic carbocycles. The number of nitrogens with zero attached hydrogens (tertiary/aromatic N) is 2. The van der Waals surface area contributed by atoms with E-state index in [9.17, 15) is 4.79 Å². The highest BCUT2D eigenvalue weighted by atomic mass is 32.2. The number of carboxylic acid groups (broad SMARTS) is 1. The lowest BCUT2D eigenvalue weighted by Crippen LogP contribution is -2.36. The molecule has 0 fully saturated rings. The number of carboxylic acids is 1. The van der Waals surface area contributed by atoms with E-state index in [1.54, 1.807) is 24.2 Å². The van der Waals surface area contributed by atoms with E-state index in [1.165, 1.54) is 0 Å². The van der Waals surface area contributed by atoms with E-state index in [4.69, 9.17) is 5.11 Å². The van der Waals surface area contributed by atoms with Crippen LogP contribution in [-0.2, 0) is 11.3 Å². The SMILES string of the molecule is CCNc1ncc(CN[C@H](CCSC)C(=O)O)cn1. The molecule has 0 saturated carbocycles. The third-order valence-electron chi connectivity index (χ3n) is 2.50. The average Bonchev–Trinajstić information content (AvgIpc) is 2.40. The molecule has 19 heavy (non-hydrogen) atoms. The quantitative estimate of drug-likeness (QED) is 0.628. The van der Waals surface area contributed by atoms with Crippen LogP contribution >= 0.6 is 11.8 Å². The summed E-state index contributed by atoms with van der Waals surface area (Å²) in [5.41, 5.74) is 0.872. The van der Waals surface area contributed by atoms with Gasteiger partial charge in [0.05, 0.1) is 0 Å². The molecule has 0 spiro atoms. The van der Waals surface area contributed by atoms with Gasteiger partial charge in [0.15, 0.2) is 0 Å². The molecule has 0 radical (unpaired) electrons. The zero-order valence-corrected chi connectivity index (χ0v) is 12.0. The monoisotopic (exact) mass is 284 g/mol. The lowest BCUT2D eigenvalue weighted by atomic mass is 10.2. The molecule has 1 rings (SSSR count). The van der Waals surface area contributed by atoms with Gasteiger partial charge < -0.3 is 15.7 Å². The predicted molar refractivity (Wildman–Crippen MR) is 77.5 cm³/mol. The van der Waals surface area contributed by atoms with Crippen LogP contribution in [0.25, 0.3) is 0 Å². The van der Waals surface area contributed by atoms with Gasteiger partial charge in [-0.1, -0.05) is 0 Å². The molecule has 1 heterocycles. The minimum absolute atomic E-state index is 0.456. The Labute approximate surface area is 117 Å². The maximum Gasteiger partial charge on any atom is 0.320 e. The number of hydrogen-bond acceptors (Lipinski definition) is 6. The molecule has 7 heteroatoms. The first kappa shape index (κ1) is 15.7. The van der Waals surface area contributed by atoms with Crippen molar-refractivity contribution in [2.24, 2.45) is 0 Å². The number of aromatic nitrogens is 2. The molecule has 0 saturated heterocycles. The third kappa shape index (κ3) is 5.89. The van der Waals surface area contributed by atoms with Crippen LogP contribution in [0.5, 0.6) is 0 Å². The van der Waals surface area contributed by atoms with Crippen molar-refractivity contribution in [1.82, 2.24) is 15.3 Å². The Morgan fingerprint density at radius 2 is 2.16 bits per heavy atom. The predicted octanol–water partition coefficient (Wildman–Crippen LogP) is 1.20. The lowest BCUT2D eigenvalue weighted by Gasteiger charge is -2.13. The van der Waals surface area contributed by atoms with Crippen molar-refractivity contribution in [1.29, 1.82) is 0 Å². The number of rotatable bonds is 9. The molecule has 0 unspecified atom stereocenters. The van der Waals surface area contributed by atoms with Crippen molar-refractivity contribution in [2.45, 2.75) is 25.9 Å². The van der Waals surface area contributed by atoms with E-state index in [0.29, 0.717) is 18.9 Å². The first-order valence-corrected chi connectivity index (χ1v) is 7.56. The van der Waals surface area contributed by atoms with Gasteiger partial charge in [-0.05, 0) is 25.4 Å². The van der Waals surface area contributed by atoms with Crippen LogP contribution in [0.15, 0.2) is 12.4 Å². The van der Waals surface area contributed by atoms with Gasteiger partial charge in [0, 0.05) is 31.0 Å². The number of hydrogen-bond donors (Lipinski definition) is 3. The molecule has 1 aromatic rings. The summed E-state index contributed by atoms with van der Waals surface area (Å²) in [6.45, 7) is 3.20. The lowest BCUT2D eigenvalue weighted by molar-refractivity contribution is -0.139. The van der Waals surface area contributed by atoms with E-state index < -0.39 is 12.0 Å². The third-order valence-corrected chi connectivity index (χ3v) is 3.15. The molecule has 1 atom stereocenters. The highest BCUT2D eigenvalue weighted by molar-refractivity contribution is 7.98. The Balaban J connectivity index is 2.46. The van der Waals surface area contributed by atoms with Crippen LogP contribution in [0.1, 0.15) is 18.9 Å². The summed E-state index contributed by atoms with van der Waals surface area (Å²) in [7, 11) is 0. The molecule has 0 amide bonds. The van der Waals surface area contributed by atoms with E-state index in [0.717, 1.165) is 17.9 Å². The van der Waals surface area contributed by atoms with Gasteiger partial charge in [0.25, 0.3) is 0 Å². The summed E-state index contributed by atoms with van der Waals surface area (Å²) < 4.78 is 0.